The first-order valence-corrected chi connectivity index (χ1v) is 6.80. The van der Waals surface area contributed by atoms with Gasteiger partial charge in [-0.3, -0.25) is 4.79 Å². The highest BCUT2D eigenvalue weighted by molar-refractivity contribution is 9.10. The number of aryl methyl sites for hydroxylation is 1. The molecule has 0 aliphatic heterocycles. The Bertz CT molecular complexity index is 461. The van der Waals surface area contributed by atoms with Crippen molar-refractivity contribution in [2.45, 2.75) is 18.8 Å². The third-order valence-electron chi connectivity index (χ3n) is 2.47. The summed E-state index contributed by atoms with van der Waals surface area (Å²) in [6, 6.07) is 5.22. The van der Waals surface area contributed by atoms with Crippen LogP contribution in [0.4, 0.5) is 8.78 Å². The standard InChI is InChI=1S/C12H14BrClF2N2O.ClH/c13-10-3-2-9(14)5-8(10)1-4-11(19)18-7-12(15,16)6-17;/h2-3,5H,1,4,6-7,17H2,(H,18,19);1H. The molecule has 0 bridgehead atoms. The Kier molecular flexibility index (Phi) is 8.58. The van der Waals surface area contributed by atoms with E-state index < -0.39 is 24.9 Å². The van der Waals surface area contributed by atoms with Crippen LogP contribution < -0.4 is 11.1 Å². The van der Waals surface area contributed by atoms with Crippen LogP contribution in [0.5, 0.6) is 0 Å². The van der Waals surface area contributed by atoms with Crippen LogP contribution >= 0.6 is 39.9 Å². The van der Waals surface area contributed by atoms with Crippen molar-refractivity contribution in [3.05, 3.63) is 33.3 Å². The lowest BCUT2D eigenvalue weighted by Crippen LogP contribution is -2.41. The molecule has 0 heterocycles. The topological polar surface area (TPSA) is 55.1 Å². The van der Waals surface area contributed by atoms with Gasteiger partial charge in [0.2, 0.25) is 5.91 Å². The Morgan fingerprint density at radius 2 is 2.10 bits per heavy atom. The fraction of sp³-hybridized carbons (Fsp3) is 0.417. The summed E-state index contributed by atoms with van der Waals surface area (Å²) in [5.41, 5.74) is 5.73. The van der Waals surface area contributed by atoms with Gasteiger partial charge >= 0.3 is 0 Å². The quantitative estimate of drug-likeness (QED) is 0.782. The first kappa shape index (κ1) is 19.6. The second kappa shape index (κ2) is 8.77. The predicted molar refractivity (Wildman–Crippen MR) is 81.7 cm³/mol. The van der Waals surface area contributed by atoms with E-state index in [9.17, 15) is 13.6 Å². The molecule has 0 unspecified atom stereocenters. The molecule has 0 aliphatic carbocycles. The van der Waals surface area contributed by atoms with Gasteiger partial charge in [-0.2, -0.15) is 0 Å². The summed E-state index contributed by atoms with van der Waals surface area (Å²) in [6.07, 6.45) is 0.529. The Hall–Kier alpha value is -0.430. The molecule has 1 aromatic rings. The molecule has 1 rings (SSSR count). The predicted octanol–water partition coefficient (Wildman–Crippen LogP) is 3.17. The summed E-state index contributed by atoms with van der Waals surface area (Å²) in [6.45, 7) is -1.52. The van der Waals surface area contributed by atoms with Crippen LogP contribution in [0.1, 0.15) is 12.0 Å². The zero-order valence-electron chi connectivity index (χ0n) is 10.5. The molecule has 0 saturated carbocycles. The van der Waals surface area contributed by atoms with Gasteiger partial charge in [0.25, 0.3) is 5.92 Å². The van der Waals surface area contributed by atoms with Crippen LogP contribution in [0.2, 0.25) is 5.02 Å². The van der Waals surface area contributed by atoms with Gasteiger partial charge in [-0.25, -0.2) is 8.78 Å². The molecule has 0 aliphatic rings. The van der Waals surface area contributed by atoms with Crippen molar-refractivity contribution >= 4 is 45.8 Å². The summed E-state index contributed by atoms with van der Waals surface area (Å²) >= 11 is 9.17. The molecule has 114 valence electrons. The Morgan fingerprint density at radius 3 is 2.70 bits per heavy atom. The van der Waals surface area contributed by atoms with Crippen molar-refractivity contribution in [3.63, 3.8) is 0 Å². The minimum Gasteiger partial charge on any atom is -0.350 e. The molecular weight excluding hydrogens is 377 g/mol. The molecule has 3 N–H and O–H groups in total. The van der Waals surface area contributed by atoms with Gasteiger partial charge in [0.05, 0.1) is 13.1 Å². The normalized spacial score (nSPS) is 10.8. The van der Waals surface area contributed by atoms with Crippen LogP contribution in [0.3, 0.4) is 0 Å². The van der Waals surface area contributed by atoms with Gasteiger partial charge in [0, 0.05) is 15.9 Å². The molecule has 1 amide bonds. The maximum Gasteiger partial charge on any atom is 0.277 e. The summed E-state index contributed by atoms with van der Waals surface area (Å²) in [5.74, 6) is -3.51. The lowest BCUT2D eigenvalue weighted by molar-refractivity contribution is -0.122. The number of nitrogens with two attached hydrogens (primary N) is 1. The fourth-order valence-corrected chi connectivity index (χ4v) is 2.01. The van der Waals surface area contributed by atoms with Crippen molar-refractivity contribution in [3.8, 4) is 0 Å². The summed E-state index contributed by atoms with van der Waals surface area (Å²) in [4.78, 5) is 11.4. The average molecular weight is 392 g/mol. The van der Waals surface area contributed by atoms with Crippen LogP contribution in [0.25, 0.3) is 0 Å². The number of rotatable bonds is 6. The van der Waals surface area contributed by atoms with E-state index in [0.717, 1.165) is 10.0 Å². The SMILES string of the molecule is Cl.NCC(F)(F)CNC(=O)CCc1cc(Cl)ccc1Br. The van der Waals surface area contributed by atoms with Gasteiger partial charge in [0.15, 0.2) is 0 Å². The van der Waals surface area contributed by atoms with Gasteiger partial charge < -0.3 is 11.1 Å². The number of nitrogens with one attached hydrogen (secondary N) is 1. The summed E-state index contributed by atoms with van der Waals surface area (Å²) < 4.78 is 26.5. The second-order valence-corrected chi connectivity index (χ2v) is 5.36. The largest absolute Gasteiger partial charge is 0.350 e. The smallest absolute Gasteiger partial charge is 0.277 e. The van der Waals surface area contributed by atoms with Gasteiger partial charge in [-0.05, 0) is 30.2 Å². The molecule has 0 spiro atoms. The van der Waals surface area contributed by atoms with E-state index in [1.807, 2.05) is 0 Å². The number of hydrogen-bond acceptors (Lipinski definition) is 2. The Morgan fingerprint density at radius 1 is 1.45 bits per heavy atom. The van der Waals surface area contributed by atoms with Gasteiger partial charge in [-0.1, -0.05) is 27.5 Å². The molecule has 0 radical (unpaired) electrons. The van der Waals surface area contributed by atoms with E-state index in [2.05, 4.69) is 21.2 Å². The first-order chi connectivity index (χ1) is 8.84. The second-order valence-electron chi connectivity index (χ2n) is 4.07. The van der Waals surface area contributed by atoms with E-state index in [-0.39, 0.29) is 18.8 Å². The monoisotopic (exact) mass is 390 g/mol. The highest BCUT2D eigenvalue weighted by Crippen LogP contribution is 2.22. The lowest BCUT2D eigenvalue weighted by atomic mass is 10.1. The molecule has 20 heavy (non-hydrogen) atoms. The molecule has 0 fully saturated rings. The molecule has 3 nitrogen and oxygen atoms in total. The zero-order valence-corrected chi connectivity index (χ0v) is 13.6. The van der Waals surface area contributed by atoms with E-state index in [0.29, 0.717) is 11.4 Å². The number of carbonyl (C=O) groups is 1. The minimum atomic E-state index is -3.06. The van der Waals surface area contributed by atoms with E-state index >= 15 is 0 Å². The van der Waals surface area contributed by atoms with Crippen molar-refractivity contribution in [1.82, 2.24) is 5.32 Å². The first-order valence-electron chi connectivity index (χ1n) is 5.62. The number of amides is 1. The van der Waals surface area contributed by atoms with Crippen LogP contribution in [0, 0.1) is 0 Å². The van der Waals surface area contributed by atoms with Crippen molar-refractivity contribution in [1.29, 1.82) is 0 Å². The fourth-order valence-electron chi connectivity index (χ4n) is 1.37. The van der Waals surface area contributed by atoms with Crippen molar-refractivity contribution < 1.29 is 13.6 Å². The number of carbonyl (C=O) groups excluding carboxylic acids is 1. The van der Waals surface area contributed by atoms with Gasteiger partial charge in [0.1, 0.15) is 0 Å². The molecule has 0 atom stereocenters. The molecule has 0 aromatic heterocycles. The van der Waals surface area contributed by atoms with E-state index in [4.69, 9.17) is 17.3 Å². The molecule has 8 heteroatoms. The number of benzene rings is 1. The Balaban J connectivity index is 0.00000361. The number of alkyl halides is 2. The molecule has 1 aromatic carbocycles. The summed E-state index contributed by atoms with van der Waals surface area (Å²) in [7, 11) is 0. The van der Waals surface area contributed by atoms with Crippen molar-refractivity contribution in [2.75, 3.05) is 13.1 Å². The maximum atomic E-state index is 12.8. The number of hydrogen-bond donors (Lipinski definition) is 2. The highest BCUT2D eigenvalue weighted by atomic mass is 79.9. The third kappa shape index (κ3) is 6.83. The maximum absolute atomic E-state index is 12.8. The van der Waals surface area contributed by atoms with Crippen LogP contribution in [0.15, 0.2) is 22.7 Å². The number of halogens is 5. The van der Waals surface area contributed by atoms with Crippen LogP contribution in [-0.4, -0.2) is 24.9 Å². The van der Waals surface area contributed by atoms with Crippen molar-refractivity contribution in [2.24, 2.45) is 5.73 Å². The molecular formula is C12H15BrCl2F2N2O. The minimum absolute atomic E-state index is 0. The summed E-state index contributed by atoms with van der Waals surface area (Å²) in [5, 5.41) is 2.72. The zero-order chi connectivity index (χ0) is 14.5. The van der Waals surface area contributed by atoms with Gasteiger partial charge in [-0.15, -0.1) is 12.4 Å². The Labute approximate surface area is 135 Å². The van der Waals surface area contributed by atoms with E-state index in [1.54, 1.807) is 18.2 Å². The van der Waals surface area contributed by atoms with E-state index in [1.165, 1.54) is 0 Å². The highest BCUT2D eigenvalue weighted by Gasteiger charge is 2.26. The lowest BCUT2D eigenvalue weighted by Gasteiger charge is -2.14. The van der Waals surface area contributed by atoms with Crippen LogP contribution in [-0.2, 0) is 11.2 Å². The average Bonchev–Trinajstić information content (AvgIpc) is 2.37. The third-order valence-corrected chi connectivity index (χ3v) is 3.48. The molecule has 0 saturated heterocycles.